The molecule has 4 unspecified atom stereocenters. The van der Waals surface area contributed by atoms with Gasteiger partial charge in [0.05, 0.1) is 26.4 Å². The summed E-state index contributed by atoms with van der Waals surface area (Å²) in [7, 11) is -9.92. The molecule has 0 aliphatic rings. The van der Waals surface area contributed by atoms with Crippen molar-refractivity contribution in [1.29, 1.82) is 0 Å². The minimum absolute atomic E-state index is 0.107. The van der Waals surface area contributed by atoms with Crippen LogP contribution < -0.4 is 0 Å². The van der Waals surface area contributed by atoms with Gasteiger partial charge in [-0.1, -0.05) is 357 Å². The highest BCUT2D eigenvalue weighted by atomic mass is 31.2. The van der Waals surface area contributed by atoms with E-state index < -0.39 is 97.5 Å². The average molecular weight is 1450 g/mol. The van der Waals surface area contributed by atoms with Crippen LogP contribution in [-0.2, 0) is 65.4 Å². The Morgan fingerprint density at radius 1 is 0.283 bits per heavy atom. The lowest BCUT2D eigenvalue weighted by Gasteiger charge is -2.21. The van der Waals surface area contributed by atoms with Crippen LogP contribution in [0.5, 0.6) is 0 Å². The molecule has 99 heavy (non-hydrogen) atoms. The van der Waals surface area contributed by atoms with Crippen LogP contribution in [0, 0.1) is 23.7 Å². The summed E-state index contributed by atoms with van der Waals surface area (Å²) in [4.78, 5) is 73.0. The van der Waals surface area contributed by atoms with Crippen LogP contribution in [0.1, 0.15) is 409 Å². The molecule has 19 heteroatoms. The highest BCUT2D eigenvalue weighted by molar-refractivity contribution is 7.47. The zero-order chi connectivity index (χ0) is 73.1. The van der Waals surface area contributed by atoms with Crippen molar-refractivity contribution in [1.82, 2.24) is 0 Å². The molecule has 0 aromatic rings. The van der Waals surface area contributed by atoms with Gasteiger partial charge in [-0.05, 0) is 49.4 Å². The summed E-state index contributed by atoms with van der Waals surface area (Å²) < 4.78 is 68.7. The van der Waals surface area contributed by atoms with Crippen molar-refractivity contribution in [2.75, 3.05) is 39.6 Å². The second-order valence-corrected chi connectivity index (χ2v) is 33.1. The van der Waals surface area contributed by atoms with Crippen LogP contribution in [0.3, 0.4) is 0 Å². The normalized spacial score (nSPS) is 14.6. The Hall–Kier alpha value is -1.94. The molecule has 0 radical (unpaired) electrons. The summed E-state index contributed by atoms with van der Waals surface area (Å²) in [5, 5.41) is 10.6. The van der Waals surface area contributed by atoms with Gasteiger partial charge in [0.1, 0.15) is 19.3 Å². The molecule has 0 saturated carbocycles. The number of aliphatic hydroxyl groups is 1. The van der Waals surface area contributed by atoms with E-state index >= 15 is 0 Å². The van der Waals surface area contributed by atoms with Crippen LogP contribution in [0.2, 0.25) is 0 Å². The van der Waals surface area contributed by atoms with Crippen LogP contribution in [0.15, 0.2) is 0 Å². The molecule has 0 bridgehead atoms. The number of hydrogen-bond donors (Lipinski definition) is 3. The van der Waals surface area contributed by atoms with Crippen molar-refractivity contribution in [3.63, 3.8) is 0 Å². The molecule has 0 aromatic carbocycles. The monoisotopic (exact) mass is 1450 g/mol. The van der Waals surface area contributed by atoms with Gasteiger partial charge >= 0.3 is 39.5 Å². The van der Waals surface area contributed by atoms with Gasteiger partial charge in [0.2, 0.25) is 0 Å². The maximum atomic E-state index is 13.1. The SMILES string of the molecule is CCC(C)CCCCCCCCCCCCC(=O)OC[C@H](COP(=O)(O)OC[C@@H](O)COP(=O)(O)OC[C@@H](COC(=O)CCCCCCCCC(C)CC)OC(=O)CCCCCCCCCCCCCCCCCCC(C)C)OC(=O)CCCCCCCCCCCCCCCC(C)C. The smallest absolute Gasteiger partial charge is 0.462 e. The fourth-order valence-corrected chi connectivity index (χ4v) is 13.8. The molecule has 0 aromatic heterocycles. The van der Waals surface area contributed by atoms with E-state index in [-0.39, 0.29) is 25.7 Å². The first-order chi connectivity index (χ1) is 47.7. The molecule has 0 aliphatic carbocycles. The number of aliphatic hydroxyl groups excluding tert-OH is 1. The largest absolute Gasteiger partial charge is 0.472 e. The van der Waals surface area contributed by atoms with Crippen molar-refractivity contribution >= 4 is 39.5 Å². The lowest BCUT2D eigenvalue weighted by atomic mass is 9.99. The van der Waals surface area contributed by atoms with E-state index in [0.29, 0.717) is 25.7 Å². The zero-order valence-corrected chi connectivity index (χ0v) is 66.9. The summed E-state index contributed by atoms with van der Waals surface area (Å²) in [5.74, 6) is 1.02. The van der Waals surface area contributed by atoms with E-state index in [4.69, 9.17) is 37.0 Å². The van der Waals surface area contributed by atoms with Crippen molar-refractivity contribution in [2.24, 2.45) is 23.7 Å². The molecule has 588 valence electrons. The first-order valence-corrected chi connectivity index (χ1v) is 44.3. The highest BCUT2D eigenvalue weighted by Gasteiger charge is 2.30. The molecular weight excluding hydrogens is 1290 g/mol. The number of esters is 4. The number of unbranched alkanes of at least 4 members (excludes halogenated alkanes) is 41. The molecule has 7 atom stereocenters. The fourth-order valence-electron chi connectivity index (χ4n) is 12.2. The van der Waals surface area contributed by atoms with Gasteiger partial charge in [-0.15, -0.1) is 0 Å². The second kappa shape index (κ2) is 69.1. The molecule has 0 rings (SSSR count). The third-order valence-corrected chi connectivity index (χ3v) is 21.2. The van der Waals surface area contributed by atoms with Crippen molar-refractivity contribution in [2.45, 2.75) is 427 Å². The van der Waals surface area contributed by atoms with Gasteiger partial charge in [-0.3, -0.25) is 37.3 Å². The van der Waals surface area contributed by atoms with E-state index in [9.17, 15) is 43.2 Å². The number of phosphoric acid groups is 2. The Morgan fingerprint density at radius 3 is 0.717 bits per heavy atom. The third kappa shape index (κ3) is 71.5. The van der Waals surface area contributed by atoms with Crippen LogP contribution in [0.25, 0.3) is 0 Å². The maximum Gasteiger partial charge on any atom is 0.472 e. The molecule has 0 amide bonds. The molecule has 0 aliphatic heterocycles. The molecule has 3 N–H and O–H groups in total. The predicted octanol–water partition coefficient (Wildman–Crippen LogP) is 23.6. The van der Waals surface area contributed by atoms with Gasteiger partial charge in [-0.25, -0.2) is 9.13 Å². The van der Waals surface area contributed by atoms with Crippen molar-refractivity contribution in [3.05, 3.63) is 0 Å². The van der Waals surface area contributed by atoms with E-state index in [0.717, 1.165) is 120 Å². The van der Waals surface area contributed by atoms with Crippen molar-refractivity contribution in [3.8, 4) is 0 Å². The number of hydrogen-bond acceptors (Lipinski definition) is 15. The minimum Gasteiger partial charge on any atom is -0.462 e. The van der Waals surface area contributed by atoms with Gasteiger partial charge in [0.25, 0.3) is 0 Å². The van der Waals surface area contributed by atoms with Gasteiger partial charge in [0, 0.05) is 25.7 Å². The Labute approximate surface area is 607 Å². The molecular formula is C80H156O17P2. The lowest BCUT2D eigenvalue weighted by Crippen LogP contribution is -2.30. The third-order valence-electron chi connectivity index (χ3n) is 19.3. The molecule has 0 spiro atoms. The summed E-state index contributed by atoms with van der Waals surface area (Å²) in [5.41, 5.74) is 0. The molecule has 0 saturated heterocycles. The van der Waals surface area contributed by atoms with Crippen LogP contribution in [-0.4, -0.2) is 96.7 Å². The standard InChI is InChI=1S/C80H156O17P2/c1-9-72(7)58-50-42-34-28-24-25-29-35-44-52-60-77(82)90-66-75(96-79(84)63-55-47-37-31-23-19-15-17-21-27-33-41-49-57-71(5)6)68-94-98(86,87)92-64-74(81)65-93-99(88,89)95-69-76(67-91-78(83)61-53-45-39-38-43-51-59-73(8)10-2)97-80(85)62-54-46-36-30-22-18-14-12-11-13-16-20-26-32-40-48-56-70(3)4/h70-76,81H,9-69H2,1-8H3,(H,86,87)(H,88,89)/t72?,73?,74-,75-,76-/m1/s1. The van der Waals surface area contributed by atoms with E-state index in [2.05, 4.69) is 55.4 Å². The molecule has 0 heterocycles. The molecule has 17 nitrogen and oxygen atoms in total. The number of carbonyl (C=O) groups is 4. The van der Waals surface area contributed by atoms with Gasteiger partial charge in [0.15, 0.2) is 12.2 Å². The topological polar surface area (TPSA) is 237 Å². The van der Waals surface area contributed by atoms with E-state index in [1.807, 2.05) is 0 Å². The van der Waals surface area contributed by atoms with E-state index in [1.165, 1.54) is 205 Å². The summed E-state index contributed by atoms with van der Waals surface area (Å²) in [6.45, 7) is 14.3. The number of phosphoric ester groups is 2. The van der Waals surface area contributed by atoms with E-state index in [1.54, 1.807) is 0 Å². The lowest BCUT2D eigenvalue weighted by molar-refractivity contribution is -0.161. The quantitative estimate of drug-likeness (QED) is 0.0222. The van der Waals surface area contributed by atoms with Crippen molar-refractivity contribution < 1.29 is 80.2 Å². The average Bonchev–Trinajstić information content (AvgIpc) is 1.53. The number of ether oxygens (including phenoxy) is 4. The predicted molar refractivity (Wildman–Crippen MR) is 404 cm³/mol. The summed E-state index contributed by atoms with van der Waals surface area (Å²) in [6.07, 6.45) is 55.4. The summed E-state index contributed by atoms with van der Waals surface area (Å²) in [6, 6.07) is 0. The zero-order valence-electron chi connectivity index (χ0n) is 65.1. The Morgan fingerprint density at radius 2 is 0.485 bits per heavy atom. The highest BCUT2D eigenvalue weighted by Crippen LogP contribution is 2.45. The van der Waals surface area contributed by atoms with Crippen LogP contribution >= 0.6 is 15.6 Å². The number of carbonyl (C=O) groups excluding carboxylic acids is 4. The second-order valence-electron chi connectivity index (χ2n) is 30.2. The van der Waals surface area contributed by atoms with Gasteiger partial charge in [-0.2, -0.15) is 0 Å². The van der Waals surface area contributed by atoms with Crippen LogP contribution in [0.4, 0.5) is 0 Å². The Balaban J connectivity index is 5.24. The van der Waals surface area contributed by atoms with Gasteiger partial charge < -0.3 is 33.8 Å². The fraction of sp³-hybridized carbons (Fsp3) is 0.950. The first-order valence-electron chi connectivity index (χ1n) is 41.3. The summed E-state index contributed by atoms with van der Waals surface area (Å²) >= 11 is 0. The number of rotatable bonds is 77. The Bertz CT molecular complexity index is 1940. The maximum absolute atomic E-state index is 13.1. The minimum atomic E-state index is -4.96. The molecule has 0 fully saturated rings. The first kappa shape index (κ1) is 97.1. The Kier molecular flexibility index (Phi) is 67.8.